The number of hydrogen-bond acceptors (Lipinski definition) is 2. The molecular formula is C15H32N2O. The predicted octanol–water partition coefficient (Wildman–Crippen LogP) is 2.81. The van der Waals surface area contributed by atoms with E-state index < -0.39 is 5.54 Å². The molecule has 0 radical (unpaired) electrons. The standard InChI is InChI=1S/C15H32N2O/c1-11(2)9-15(7,13(18)16-8)17-10-14(5,6)12(3)4/h11-12,17H,9-10H2,1-8H3,(H,16,18). The molecule has 3 nitrogen and oxygen atoms in total. The molecule has 2 N–H and O–H groups in total. The largest absolute Gasteiger partial charge is 0.358 e. The Kier molecular flexibility index (Phi) is 6.35. The molecule has 1 amide bonds. The van der Waals surface area contributed by atoms with Crippen LogP contribution in [0.15, 0.2) is 0 Å². The zero-order valence-corrected chi connectivity index (χ0v) is 13.5. The summed E-state index contributed by atoms with van der Waals surface area (Å²) in [4.78, 5) is 12.1. The fraction of sp³-hybridized carbons (Fsp3) is 0.933. The molecule has 0 spiro atoms. The van der Waals surface area contributed by atoms with Gasteiger partial charge in [0.05, 0.1) is 5.54 Å². The third-order valence-corrected chi connectivity index (χ3v) is 4.04. The summed E-state index contributed by atoms with van der Waals surface area (Å²) in [5.74, 6) is 1.15. The molecule has 18 heavy (non-hydrogen) atoms. The first-order valence-corrected chi connectivity index (χ1v) is 7.02. The summed E-state index contributed by atoms with van der Waals surface area (Å²) in [6.45, 7) is 16.1. The van der Waals surface area contributed by atoms with Crippen molar-refractivity contribution in [2.45, 2.75) is 60.4 Å². The van der Waals surface area contributed by atoms with Gasteiger partial charge in [0.15, 0.2) is 0 Å². The molecule has 0 saturated carbocycles. The summed E-state index contributed by atoms with van der Waals surface area (Å²) in [5, 5.41) is 6.26. The second-order valence-electron chi connectivity index (χ2n) is 7.01. The van der Waals surface area contributed by atoms with Crippen molar-refractivity contribution in [3.05, 3.63) is 0 Å². The summed E-state index contributed by atoms with van der Waals surface area (Å²) in [7, 11) is 1.70. The Hall–Kier alpha value is -0.570. The van der Waals surface area contributed by atoms with Gasteiger partial charge in [-0.1, -0.05) is 41.5 Å². The van der Waals surface area contributed by atoms with E-state index in [1.54, 1.807) is 7.05 Å². The van der Waals surface area contributed by atoms with Gasteiger partial charge in [-0.15, -0.1) is 0 Å². The van der Waals surface area contributed by atoms with Crippen molar-refractivity contribution in [1.82, 2.24) is 10.6 Å². The fourth-order valence-corrected chi connectivity index (χ4v) is 1.96. The number of nitrogens with one attached hydrogen (secondary N) is 2. The van der Waals surface area contributed by atoms with Crippen LogP contribution in [0.5, 0.6) is 0 Å². The first-order valence-electron chi connectivity index (χ1n) is 7.02. The zero-order valence-electron chi connectivity index (χ0n) is 13.5. The predicted molar refractivity (Wildman–Crippen MR) is 78.5 cm³/mol. The minimum Gasteiger partial charge on any atom is -0.358 e. The highest BCUT2D eigenvalue weighted by atomic mass is 16.2. The second-order valence-corrected chi connectivity index (χ2v) is 7.01. The Balaban J connectivity index is 4.76. The molecule has 0 fully saturated rings. The molecule has 1 atom stereocenters. The number of likely N-dealkylation sites (N-methyl/N-ethyl adjacent to an activating group) is 1. The van der Waals surface area contributed by atoms with Crippen LogP contribution >= 0.6 is 0 Å². The number of amides is 1. The van der Waals surface area contributed by atoms with Crippen LogP contribution in [0.2, 0.25) is 0 Å². The van der Waals surface area contributed by atoms with E-state index in [1.807, 2.05) is 6.92 Å². The highest BCUT2D eigenvalue weighted by Gasteiger charge is 2.35. The van der Waals surface area contributed by atoms with E-state index in [4.69, 9.17) is 0 Å². The van der Waals surface area contributed by atoms with Crippen molar-refractivity contribution < 1.29 is 4.79 Å². The van der Waals surface area contributed by atoms with Crippen LogP contribution in [0.3, 0.4) is 0 Å². The van der Waals surface area contributed by atoms with Gasteiger partial charge >= 0.3 is 0 Å². The Bertz CT molecular complexity index is 272. The summed E-state index contributed by atoms with van der Waals surface area (Å²) in [6.07, 6.45) is 0.848. The summed E-state index contributed by atoms with van der Waals surface area (Å²) >= 11 is 0. The summed E-state index contributed by atoms with van der Waals surface area (Å²) in [6, 6.07) is 0. The van der Waals surface area contributed by atoms with E-state index >= 15 is 0 Å². The molecule has 0 aromatic rings. The van der Waals surface area contributed by atoms with Gasteiger partial charge in [-0.05, 0) is 30.6 Å². The third-order valence-electron chi connectivity index (χ3n) is 4.04. The van der Waals surface area contributed by atoms with Gasteiger partial charge in [0.1, 0.15) is 0 Å². The normalized spacial score (nSPS) is 15.9. The molecule has 0 rings (SSSR count). The first-order chi connectivity index (χ1) is 8.05. The highest BCUT2D eigenvalue weighted by molar-refractivity contribution is 5.85. The average molecular weight is 256 g/mol. The van der Waals surface area contributed by atoms with Crippen molar-refractivity contribution in [2.24, 2.45) is 17.3 Å². The van der Waals surface area contributed by atoms with Crippen LogP contribution in [0.4, 0.5) is 0 Å². The molecule has 0 aromatic heterocycles. The molecule has 0 saturated heterocycles. The van der Waals surface area contributed by atoms with E-state index in [9.17, 15) is 4.79 Å². The maximum atomic E-state index is 12.1. The minimum atomic E-state index is -0.477. The molecule has 1 unspecified atom stereocenters. The quantitative estimate of drug-likeness (QED) is 0.735. The van der Waals surface area contributed by atoms with E-state index in [0.717, 1.165) is 13.0 Å². The second kappa shape index (κ2) is 6.55. The molecule has 108 valence electrons. The third kappa shape index (κ3) is 4.97. The van der Waals surface area contributed by atoms with Crippen LogP contribution < -0.4 is 10.6 Å². The molecule has 0 aromatic carbocycles. The number of rotatable bonds is 7. The smallest absolute Gasteiger partial charge is 0.239 e. The van der Waals surface area contributed by atoms with Crippen molar-refractivity contribution in [3.8, 4) is 0 Å². The lowest BCUT2D eigenvalue weighted by Gasteiger charge is -2.37. The average Bonchev–Trinajstić information content (AvgIpc) is 2.24. The van der Waals surface area contributed by atoms with Crippen LogP contribution in [-0.4, -0.2) is 25.0 Å². The van der Waals surface area contributed by atoms with Gasteiger partial charge in [-0.25, -0.2) is 0 Å². The lowest BCUT2D eigenvalue weighted by atomic mass is 9.79. The van der Waals surface area contributed by atoms with Crippen molar-refractivity contribution in [1.29, 1.82) is 0 Å². The minimum absolute atomic E-state index is 0.0794. The molecule has 0 heterocycles. The van der Waals surface area contributed by atoms with Crippen LogP contribution in [-0.2, 0) is 4.79 Å². The maximum absolute atomic E-state index is 12.1. The topological polar surface area (TPSA) is 41.1 Å². The lowest BCUT2D eigenvalue weighted by Crippen LogP contribution is -2.57. The van der Waals surface area contributed by atoms with Gasteiger partial charge in [0.25, 0.3) is 0 Å². The van der Waals surface area contributed by atoms with Crippen LogP contribution in [0.1, 0.15) is 54.9 Å². The molecule has 0 bridgehead atoms. The number of carbonyl (C=O) groups is 1. The van der Waals surface area contributed by atoms with E-state index in [1.165, 1.54) is 0 Å². The Morgan fingerprint density at radius 3 is 1.94 bits per heavy atom. The zero-order chi connectivity index (χ0) is 14.6. The Morgan fingerprint density at radius 2 is 1.61 bits per heavy atom. The summed E-state index contributed by atoms with van der Waals surface area (Å²) < 4.78 is 0. The van der Waals surface area contributed by atoms with Gasteiger partial charge in [-0.2, -0.15) is 0 Å². The fourth-order valence-electron chi connectivity index (χ4n) is 1.96. The van der Waals surface area contributed by atoms with E-state index in [2.05, 4.69) is 52.2 Å². The van der Waals surface area contributed by atoms with Gasteiger partial charge < -0.3 is 10.6 Å². The number of carbonyl (C=O) groups excluding carboxylic acids is 1. The first kappa shape index (κ1) is 17.4. The van der Waals surface area contributed by atoms with Crippen molar-refractivity contribution in [2.75, 3.05) is 13.6 Å². The van der Waals surface area contributed by atoms with E-state index in [0.29, 0.717) is 11.8 Å². The van der Waals surface area contributed by atoms with Crippen molar-refractivity contribution in [3.63, 3.8) is 0 Å². The van der Waals surface area contributed by atoms with Crippen LogP contribution in [0, 0.1) is 17.3 Å². The SMILES string of the molecule is CNC(=O)C(C)(CC(C)C)NCC(C)(C)C(C)C. The molecule has 3 heteroatoms. The molecule has 0 aliphatic rings. The van der Waals surface area contributed by atoms with Gasteiger partial charge in [0, 0.05) is 13.6 Å². The van der Waals surface area contributed by atoms with E-state index in [-0.39, 0.29) is 11.3 Å². The van der Waals surface area contributed by atoms with Gasteiger partial charge in [-0.3, -0.25) is 4.79 Å². The molecule has 0 aliphatic carbocycles. The highest BCUT2D eigenvalue weighted by Crippen LogP contribution is 2.27. The Morgan fingerprint density at radius 1 is 1.11 bits per heavy atom. The lowest BCUT2D eigenvalue weighted by molar-refractivity contribution is -0.127. The Labute approximate surface area is 113 Å². The molecular weight excluding hydrogens is 224 g/mol. The van der Waals surface area contributed by atoms with Gasteiger partial charge in [0.2, 0.25) is 5.91 Å². The number of hydrogen-bond donors (Lipinski definition) is 2. The molecule has 0 aliphatic heterocycles. The van der Waals surface area contributed by atoms with Crippen LogP contribution in [0.25, 0.3) is 0 Å². The maximum Gasteiger partial charge on any atom is 0.239 e. The van der Waals surface area contributed by atoms with Crippen molar-refractivity contribution >= 4 is 5.91 Å². The summed E-state index contributed by atoms with van der Waals surface area (Å²) in [5.41, 5.74) is -0.290. The monoisotopic (exact) mass is 256 g/mol.